The summed E-state index contributed by atoms with van der Waals surface area (Å²) in [6.45, 7) is 9.50. The van der Waals surface area contributed by atoms with Gasteiger partial charge in [-0.2, -0.15) is 0 Å². The van der Waals surface area contributed by atoms with Gasteiger partial charge < -0.3 is 20.7 Å². The number of hydrogen-bond donors (Lipinski definition) is 3. The summed E-state index contributed by atoms with van der Waals surface area (Å²) in [4.78, 5) is 15.8. The van der Waals surface area contributed by atoms with Crippen LogP contribution >= 0.6 is 0 Å². The first kappa shape index (κ1) is 21.3. The van der Waals surface area contributed by atoms with Gasteiger partial charge in [0.1, 0.15) is 11.9 Å². The highest BCUT2D eigenvalue weighted by Crippen LogP contribution is 2.17. The van der Waals surface area contributed by atoms with Gasteiger partial charge in [-0.1, -0.05) is 30.3 Å². The van der Waals surface area contributed by atoms with Gasteiger partial charge in [0.2, 0.25) is 5.91 Å². The van der Waals surface area contributed by atoms with Crippen molar-refractivity contribution in [3.63, 3.8) is 0 Å². The molecule has 1 amide bonds. The van der Waals surface area contributed by atoms with Crippen molar-refractivity contribution in [3.8, 4) is 5.75 Å². The number of anilines is 1. The molecule has 0 heterocycles. The molecule has 6 heteroatoms. The SMILES string of the molecule is CCNC(=NCc1cccc(NC(C)=O)c1)NCC(C)Oc1ccccc1C. The molecule has 0 fully saturated rings. The highest BCUT2D eigenvalue weighted by molar-refractivity contribution is 5.88. The summed E-state index contributed by atoms with van der Waals surface area (Å²) in [5.74, 6) is 1.54. The van der Waals surface area contributed by atoms with Crippen LogP contribution in [0.15, 0.2) is 53.5 Å². The van der Waals surface area contributed by atoms with Crippen molar-refractivity contribution >= 4 is 17.6 Å². The highest BCUT2D eigenvalue weighted by atomic mass is 16.5. The van der Waals surface area contributed by atoms with Crippen molar-refractivity contribution < 1.29 is 9.53 Å². The minimum absolute atomic E-state index is 0.00643. The summed E-state index contributed by atoms with van der Waals surface area (Å²) in [6.07, 6.45) is -0.00643. The molecule has 0 saturated heterocycles. The van der Waals surface area contributed by atoms with Crippen molar-refractivity contribution in [2.75, 3.05) is 18.4 Å². The number of carbonyl (C=O) groups excluding carboxylic acids is 1. The number of nitrogens with one attached hydrogen (secondary N) is 3. The second kappa shape index (κ2) is 11.0. The molecule has 3 N–H and O–H groups in total. The van der Waals surface area contributed by atoms with Crippen LogP contribution in [0.3, 0.4) is 0 Å². The fourth-order valence-corrected chi connectivity index (χ4v) is 2.65. The fraction of sp³-hybridized carbons (Fsp3) is 0.364. The zero-order valence-corrected chi connectivity index (χ0v) is 17.1. The van der Waals surface area contributed by atoms with Crippen LogP contribution in [0.4, 0.5) is 5.69 Å². The standard InChI is InChI=1S/C22H30N4O2/c1-5-23-22(24-14-17(3)28-21-12-7-6-9-16(21)2)25-15-19-10-8-11-20(13-19)26-18(4)27/h6-13,17H,5,14-15H2,1-4H3,(H,26,27)(H2,23,24,25). The summed E-state index contributed by atoms with van der Waals surface area (Å²) in [5, 5.41) is 9.36. The molecule has 2 aromatic carbocycles. The highest BCUT2D eigenvalue weighted by Gasteiger charge is 2.07. The van der Waals surface area contributed by atoms with Crippen LogP contribution in [0.25, 0.3) is 0 Å². The Morgan fingerprint density at radius 2 is 1.93 bits per heavy atom. The van der Waals surface area contributed by atoms with Gasteiger partial charge in [-0.15, -0.1) is 0 Å². The zero-order chi connectivity index (χ0) is 20.4. The summed E-state index contributed by atoms with van der Waals surface area (Å²) in [5.41, 5.74) is 2.92. The first-order valence-corrected chi connectivity index (χ1v) is 9.59. The summed E-state index contributed by atoms with van der Waals surface area (Å²) >= 11 is 0. The lowest BCUT2D eigenvalue weighted by Gasteiger charge is -2.18. The average molecular weight is 383 g/mol. The smallest absolute Gasteiger partial charge is 0.221 e. The Hall–Kier alpha value is -3.02. The molecule has 0 bridgehead atoms. The second-order valence-corrected chi connectivity index (χ2v) is 6.65. The van der Waals surface area contributed by atoms with E-state index in [1.165, 1.54) is 6.92 Å². The predicted molar refractivity (Wildman–Crippen MR) is 115 cm³/mol. The van der Waals surface area contributed by atoms with E-state index in [0.29, 0.717) is 13.1 Å². The van der Waals surface area contributed by atoms with Crippen molar-refractivity contribution in [2.24, 2.45) is 4.99 Å². The molecule has 0 spiro atoms. The number of amides is 1. The maximum atomic E-state index is 11.2. The average Bonchev–Trinajstić information content (AvgIpc) is 2.65. The van der Waals surface area contributed by atoms with E-state index in [-0.39, 0.29) is 12.0 Å². The van der Waals surface area contributed by atoms with Crippen LogP contribution in [0.1, 0.15) is 31.9 Å². The van der Waals surface area contributed by atoms with Crippen LogP contribution < -0.4 is 20.7 Å². The van der Waals surface area contributed by atoms with Crippen LogP contribution in [0.5, 0.6) is 5.75 Å². The number of guanidine groups is 1. The first-order chi connectivity index (χ1) is 13.5. The van der Waals surface area contributed by atoms with E-state index in [0.717, 1.165) is 35.1 Å². The number of benzene rings is 2. The molecule has 1 unspecified atom stereocenters. The number of aliphatic imine (C=N–C) groups is 1. The predicted octanol–water partition coefficient (Wildman–Crippen LogP) is 3.48. The van der Waals surface area contributed by atoms with Gasteiger partial charge >= 0.3 is 0 Å². The van der Waals surface area contributed by atoms with Crippen molar-refractivity contribution in [1.29, 1.82) is 0 Å². The normalized spacial score (nSPS) is 12.2. The molecule has 0 aromatic heterocycles. The molecule has 150 valence electrons. The van der Waals surface area contributed by atoms with Gasteiger partial charge in [-0.3, -0.25) is 4.79 Å². The third-order valence-corrected chi connectivity index (χ3v) is 3.99. The molecule has 0 aliphatic heterocycles. The largest absolute Gasteiger partial charge is 0.489 e. The van der Waals surface area contributed by atoms with Gasteiger partial charge in [0.25, 0.3) is 0 Å². The number of ether oxygens (including phenoxy) is 1. The quantitative estimate of drug-likeness (QED) is 0.483. The van der Waals surface area contributed by atoms with E-state index in [1.54, 1.807) is 0 Å². The van der Waals surface area contributed by atoms with Crippen LogP contribution in [0, 0.1) is 6.92 Å². The second-order valence-electron chi connectivity index (χ2n) is 6.65. The van der Waals surface area contributed by atoms with E-state index in [9.17, 15) is 4.79 Å². The van der Waals surface area contributed by atoms with Gasteiger partial charge in [0.15, 0.2) is 5.96 Å². The molecule has 1 atom stereocenters. The number of nitrogens with zero attached hydrogens (tertiary/aromatic N) is 1. The Kier molecular flexibility index (Phi) is 8.34. The molecule has 2 aromatic rings. The van der Waals surface area contributed by atoms with Crippen molar-refractivity contribution in [2.45, 2.75) is 40.3 Å². The van der Waals surface area contributed by atoms with Crippen molar-refractivity contribution in [3.05, 3.63) is 59.7 Å². The number of rotatable bonds is 8. The van der Waals surface area contributed by atoms with E-state index in [4.69, 9.17) is 4.74 Å². The third-order valence-electron chi connectivity index (χ3n) is 3.99. The number of hydrogen-bond acceptors (Lipinski definition) is 3. The summed E-state index contributed by atoms with van der Waals surface area (Å²) in [7, 11) is 0. The Morgan fingerprint density at radius 3 is 2.64 bits per heavy atom. The van der Waals surface area contributed by atoms with E-state index < -0.39 is 0 Å². The Balaban J connectivity index is 1.93. The maximum Gasteiger partial charge on any atom is 0.221 e. The van der Waals surface area contributed by atoms with E-state index in [1.807, 2.05) is 69.3 Å². The first-order valence-electron chi connectivity index (χ1n) is 9.59. The molecule has 0 saturated carbocycles. The van der Waals surface area contributed by atoms with Crippen LogP contribution in [0.2, 0.25) is 0 Å². The lowest BCUT2D eigenvalue weighted by Crippen LogP contribution is -2.41. The van der Waals surface area contributed by atoms with Crippen molar-refractivity contribution in [1.82, 2.24) is 10.6 Å². The number of aryl methyl sites for hydroxylation is 1. The lowest BCUT2D eigenvalue weighted by molar-refractivity contribution is -0.114. The van der Waals surface area contributed by atoms with E-state index >= 15 is 0 Å². The molecular formula is C22H30N4O2. The fourth-order valence-electron chi connectivity index (χ4n) is 2.65. The van der Waals surface area contributed by atoms with Gasteiger partial charge in [0, 0.05) is 19.2 Å². The topological polar surface area (TPSA) is 74.8 Å². The minimum atomic E-state index is -0.0849. The number of para-hydroxylation sites is 1. The molecule has 6 nitrogen and oxygen atoms in total. The molecule has 0 radical (unpaired) electrons. The van der Waals surface area contributed by atoms with Crippen LogP contribution in [-0.2, 0) is 11.3 Å². The monoisotopic (exact) mass is 382 g/mol. The minimum Gasteiger partial charge on any atom is -0.489 e. The molecule has 28 heavy (non-hydrogen) atoms. The number of carbonyl (C=O) groups is 1. The van der Waals surface area contributed by atoms with Gasteiger partial charge in [-0.05, 0) is 50.1 Å². The van der Waals surface area contributed by atoms with Gasteiger partial charge in [0.05, 0.1) is 13.1 Å². The maximum absolute atomic E-state index is 11.2. The summed E-state index contributed by atoms with van der Waals surface area (Å²) in [6, 6.07) is 15.7. The summed E-state index contributed by atoms with van der Waals surface area (Å²) < 4.78 is 6.00. The molecule has 2 rings (SSSR count). The van der Waals surface area contributed by atoms with Gasteiger partial charge in [-0.25, -0.2) is 4.99 Å². The third kappa shape index (κ3) is 7.31. The molecule has 0 aliphatic rings. The Bertz CT molecular complexity index is 805. The Labute approximate surface area is 167 Å². The lowest BCUT2D eigenvalue weighted by atomic mass is 10.2. The molecule has 0 aliphatic carbocycles. The Morgan fingerprint density at radius 1 is 1.14 bits per heavy atom. The van der Waals surface area contributed by atoms with E-state index in [2.05, 4.69) is 20.9 Å². The zero-order valence-electron chi connectivity index (χ0n) is 17.1. The van der Waals surface area contributed by atoms with Crippen LogP contribution in [-0.4, -0.2) is 31.1 Å². The molecular weight excluding hydrogens is 352 g/mol.